The fraction of sp³-hybridized carbons (Fsp3) is 0.538. The Kier molecular flexibility index (Phi) is 6.61. The average molecular weight is 222 g/mol. The highest BCUT2D eigenvalue weighted by Gasteiger charge is 1.97. The Morgan fingerprint density at radius 1 is 1.12 bits per heavy atom. The van der Waals surface area contributed by atoms with E-state index in [1.54, 1.807) is 0 Å². The van der Waals surface area contributed by atoms with E-state index >= 15 is 0 Å². The highest BCUT2D eigenvalue weighted by atomic mass is 16.6. The first kappa shape index (κ1) is 13.0. The fourth-order valence-corrected chi connectivity index (χ4v) is 1.54. The second-order valence-corrected chi connectivity index (χ2v) is 3.70. The summed E-state index contributed by atoms with van der Waals surface area (Å²) < 4.78 is 0. The number of rotatable bonds is 8. The molecule has 0 saturated carbocycles. The van der Waals surface area contributed by atoms with E-state index in [-0.39, 0.29) is 0 Å². The van der Waals surface area contributed by atoms with Gasteiger partial charge >= 0.3 is 0 Å². The molecule has 0 fully saturated rings. The van der Waals surface area contributed by atoms with Crippen LogP contribution >= 0.6 is 0 Å². The molecule has 0 radical (unpaired) electrons. The van der Waals surface area contributed by atoms with Crippen LogP contribution in [0.2, 0.25) is 0 Å². The molecule has 90 valence electrons. The Bertz CT molecular complexity index is 260. The van der Waals surface area contributed by atoms with Crippen LogP contribution in [0.15, 0.2) is 30.3 Å². The number of para-hydroxylation sites is 1. The van der Waals surface area contributed by atoms with Crippen LogP contribution in [0.25, 0.3) is 0 Å². The van der Waals surface area contributed by atoms with Gasteiger partial charge in [0.15, 0.2) is 0 Å². The fourth-order valence-electron chi connectivity index (χ4n) is 1.54. The predicted octanol–water partition coefficient (Wildman–Crippen LogP) is 2.76. The molecule has 0 saturated heterocycles. The normalized spacial score (nSPS) is 10.7. The van der Waals surface area contributed by atoms with Gasteiger partial charge in [-0.15, -0.1) is 0 Å². The summed E-state index contributed by atoms with van der Waals surface area (Å²) >= 11 is 0. The number of nitrogens with one attached hydrogen (secondary N) is 1. The van der Waals surface area contributed by atoms with Gasteiger partial charge in [-0.25, -0.2) is 0 Å². The van der Waals surface area contributed by atoms with Gasteiger partial charge in [0.05, 0.1) is 12.3 Å². The second-order valence-electron chi connectivity index (χ2n) is 3.70. The lowest BCUT2D eigenvalue weighted by Crippen LogP contribution is -2.25. The molecule has 3 nitrogen and oxygen atoms in total. The summed E-state index contributed by atoms with van der Waals surface area (Å²) in [6.07, 6.45) is 1.06. The summed E-state index contributed by atoms with van der Waals surface area (Å²) in [5.41, 5.74) is 3.94. The van der Waals surface area contributed by atoms with Crippen molar-refractivity contribution in [3.05, 3.63) is 30.3 Å². The van der Waals surface area contributed by atoms with Crippen LogP contribution in [0.5, 0.6) is 0 Å². The van der Waals surface area contributed by atoms with E-state index in [4.69, 9.17) is 4.84 Å². The van der Waals surface area contributed by atoms with E-state index in [1.165, 1.54) is 0 Å². The van der Waals surface area contributed by atoms with Crippen LogP contribution in [0.3, 0.4) is 0 Å². The van der Waals surface area contributed by atoms with E-state index in [9.17, 15) is 0 Å². The molecule has 16 heavy (non-hydrogen) atoms. The number of benzene rings is 1. The van der Waals surface area contributed by atoms with Crippen molar-refractivity contribution in [2.24, 2.45) is 0 Å². The highest BCUT2D eigenvalue weighted by molar-refractivity contribution is 5.39. The maximum absolute atomic E-state index is 5.38. The molecule has 0 bridgehead atoms. The summed E-state index contributed by atoms with van der Waals surface area (Å²) in [6, 6.07) is 9.95. The summed E-state index contributed by atoms with van der Waals surface area (Å²) in [5, 5.41) is 0. The summed E-state index contributed by atoms with van der Waals surface area (Å²) in [6.45, 7) is 8.44. The van der Waals surface area contributed by atoms with Gasteiger partial charge in [0.25, 0.3) is 0 Å². The topological polar surface area (TPSA) is 24.5 Å². The third-order valence-electron chi connectivity index (χ3n) is 2.58. The largest absolute Gasteiger partial charge is 0.304 e. The first-order valence-corrected chi connectivity index (χ1v) is 6.02. The zero-order valence-electron chi connectivity index (χ0n) is 10.3. The van der Waals surface area contributed by atoms with Crippen LogP contribution < -0.4 is 5.48 Å². The molecule has 0 amide bonds. The first-order chi connectivity index (χ1) is 7.86. The lowest BCUT2D eigenvalue weighted by atomic mass is 10.3. The van der Waals surface area contributed by atoms with Crippen LogP contribution in [0.4, 0.5) is 5.69 Å². The molecule has 0 unspecified atom stereocenters. The Hall–Kier alpha value is -1.06. The minimum Gasteiger partial charge on any atom is -0.304 e. The molecular weight excluding hydrogens is 200 g/mol. The summed E-state index contributed by atoms with van der Waals surface area (Å²) in [5.74, 6) is 0. The van der Waals surface area contributed by atoms with Gasteiger partial charge in [0.1, 0.15) is 0 Å². The molecule has 0 atom stereocenters. The van der Waals surface area contributed by atoms with Gasteiger partial charge in [-0.2, -0.15) is 0 Å². The zero-order chi connectivity index (χ0) is 11.6. The van der Waals surface area contributed by atoms with Crippen molar-refractivity contribution < 1.29 is 4.84 Å². The van der Waals surface area contributed by atoms with Crippen molar-refractivity contribution in [2.75, 3.05) is 31.7 Å². The van der Waals surface area contributed by atoms with Gasteiger partial charge in [-0.05, 0) is 31.6 Å². The Labute approximate surface area is 98.4 Å². The van der Waals surface area contributed by atoms with Crippen molar-refractivity contribution in [3.63, 3.8) is 0 Å². The molecule has 0 spiro atoms. The highest BCUT2D eigenvalue weighted by Crippen LogP contribution is 2.04. The number of hydrogen-bond donors (Lipinski definition) is 1. The Balaban J connectivity index is 2.04. The lowest BCUT2D eigenvalue weighted by molar-refractivity contribution is 0.172. The molecule has 1 aromatic carbocycles. The molecule has 0 aliphatic heterocycles. The standard InChI is InChI=1S/C13H22N2O/c1-3-15(4-2)11-8-12-16-14-13-9-6-5-7-10-13/h5-7,9-10,14H,3-4,8,11-12H2,1-2H3. The van der Waals surface area contributed by atoms with E-state index < -0.39 is 0 Å². The van der Waals surface area contributed by atoms with Crippen molar-refractivity contribution in [1.82, 2.24) is 4.90 Å². The van der Waals surface area contributed by atoms with Crippen molar-refractivity contribution >= 4 is 5.69 Å². The smallest absolute Gasteiger partial charge is 0.0758 e. The zero-order valence-corrected chi connectivity index (χ0v) is 10.3. The Morgan fingerprint density at radius 2 is 1.81 bits per heavy atom. The number of hydrogen-bond acceptors (Lipinski definition) is 3. The van der Waals surface area contributed by atoms with E-state index in [2.05, 4.69) is 24.2 Å². The minimum absolute atomic E-state index is 0.741. The number of anilines is 1. The third-order valence-corrected chi connectivity index (χ3v) is 2.58. The summed E-state index contributed by atoms with van der Waals surface area (Å²) in [4.78, 5) is 7.78. The molecule has 0 heterocycles. The van der Waals surface area contributed by atoms with Gasteiger partial charge in [0.2, 0.25) is 0 Å². The SMILES string of the molecule is CCN(CC)CCCONc1ccccc1. The molecule has 1 N–H and O–H groups in total. The minimum atomic E-state index is 0.741. The molecule has 1 aromatic rings. The van der Waals surface area contributed by atoms with Crippen LogP contribution in [0, 0.1) is 0 Å². The van der Waals surface area contributed by atoms with Crippen molar-refractivity contribution in [1.29, 1.82) is 0 Å². The quantitative estimate of drug-likeness (QED) is 0.540. The van der Waals surface area contributed by atoms with Gasteiger partial charge in [-0.3, -0.25) is 10.3 Å². The average Bonchev–Trinajstić information content (AvgIpc) is 2.35. The van der Waals surface area contributed by atoms with Gasteiger partial charge in [0, 0.05) is 6.54 Å². The van der Waals surface area contributed by atoms with E-state index in [1.807, 2.05) is 30.3 Å². The molecule has 1 rings (SSSR count). The van der Waals surface area contributed by atoms with Gasteiger partial charge in [-0.1, -0.05) is 32.0 Å². The molecular formula is C13H22N2O. The maximum Gasteiger partial charge on any atom is 0.0758 e. The molecule has 0 aromatic heterocycles. The second kappa shape index (κ2) is 8.13. The maximum atomic E-state index is 5.38. The predicted molar refractivity (Wildman–Crippen MR) is 68.4 cm³/mol. The van der Waals surface area contributed by atoms with Crippen LogP contribution in [-0.2, 0) is 4.84 Å². The van der Waals surface area contributed by atoms with Crippen molar-refractivity contribution in [2.45, 2.75) is 20.3 Å². The third kappa shape index (κ3) is 5.14. The van der Waals surface area contributed by atoms with Gasteiger partial charge < -0.3 is 4.90 Å². The number of nitrogens with zero attached hydrogens (tertiary/aromatic N) is 1. The van der Waals surface area contributed by atoms with E-state index in [0.29, 0.717) is 0 Å². The molecule has 0 aliphatic rings. The monoisotopic (exact) mass is 222 g/mol. The molecule has 3 heteroatoms. The Morgan fingerprint density at radius 3 is 2.44 bits per heavy atom. The van der Waals surface area contributed by atoms with Crippen LogP contribution in [-0.4, -0.2) is 31.1 Å². The van der Waals surface area contributed by atoms with Crippen LogP contribution in [0.1, 0.15) is 20.3 Å². The lowest BCUT2D eigenvalue weighted by Gasteiger charge is -2.17. The summed E-state index contributed by atoms with van der Waals surface area (Å²) in [7, 11) is 0. The molecule has 0 aliphatic carbocycles. The first-order valence-electron chi connectivity index (χ1n) is 6.02. The van der Waals surface area contributed by atoms with Crippen molar-refractivity contribution in [3.8, 4) is 0 Å². The van der Waals surface area contributed by atoms with E-state index in [0.717, 1.165) is 38.3 Å².